The van der Waals surface area contributed by atoms with E-state index in [4.69, 9.17) is 15.4 Å². The van der Waals surface area contributed by atoms with Crippen LogP contribution in [0.1, 0.15) is 37.7 Å². The summed E-state index contributed by atoms with van der Waals surface area (Å²) in [7, 11) is 1.48. The lowest BCUT2D eigenvalue weighted by Gasteiger charge is -2.14. The Labute approximate surface area is 129 Å². The minimum absolute atomic E-state index is 0.0692. The molecule has 0 saturated carbocycles. The van der Waals surface area contributed by atoms with Crippen LogP contribution in [0.2, 0.25) is 0 Å². The predicted molar refractivity (Wildman–Crippen MR) is 81.2 cm³/mol. The highest BCUT2D eigenvalue weighted by molar-refractivity contribution is 8.13. The molecule has 1 N–H and O–H groups in total. The molecule has 1 aromatic heterocycles. The lowest BCUT2D eigenvalue weighted by Crippen LogP contribution is -2.36. The fourth-order valence-corrected chi connectivity index (χ4v) is 2.63. The maximum absolute atomic E-state index is 12.2. The zero-order chi connectivity index (χ0) is 16.0. The number of hydrogen-bond donors (Lipinski definition) is 1. The average molecular weight is 337 g/mol. The zero-order valence-electron chi connectivity index (χ0n) is 12.4. The first-order valence-corrected chi connectivity index (χ1v) is 9.14. The lowest BCUT2D eigenvalue weighted by molar-refractivity contribution is 0.0863. The zero-order valence-corrected chi connectivity index (χ0v) is 14.0. The van der Waals surface area contributed by atoms with Crippen LogP contribution >= 0.6 is 10.7 Å². The van der Waals surface area contributed by atoms with Crippen LogP contribution in [-0.2, 0) is 20.3 Å². The van der Waals surface area contributed by atoms with Crippen molar-refractivity contribution in [3.8, 4) is 0 Å². The Balaban J connectivity index is 2.94. The Morgan fingerprint density at radius 2 is 2.14 bits per heavy atom. The number of aromatic nitrogens is 1. The minimum Gasteiger partial charge on any atom is -0.380 e. The Kier molecular flexibility index (Phi) is 6.70. The molecule has 0 radical (unpaired) electrons. The number of carbonyl (C=O) groups is 1. The molecule has 0 aromatic carbocycles. The van der Waals surface area contributed by atoms with Gasteiger partial charge in [0.25, 0.3) is 15.0 Å². The SMILES string of the molecule is CCCn1cc(S(=O)(=O)Cl)cc1C(=O)NC(C)COCC. The highest BCUT2D eigenvalue weighted by atomic mass is 35.7. The molecule has 0 fully saturated rings. The molecule has 1 unspecified atom stereocenters. The molecular formula is C13H21ClN2O4S. The quantitative estimate of drug-likeness (QED) is 0.736. The van der Waals surface area contributed by atoms with E-state index in [1.54, 1.807) is 4.57 Å². The topological polar surface area (TPSA) is 77.4 Å². The van der Waals surface area contributed by atoms with Gasteiger partial charge in [-0.2, -0.15) is 0 Å². The van der Waals surface area contributed by atoms with Crippen molar-refractivity contribution in [1.29, 1.82) is 0 Å². The van der Waals surface area contributed by atoms with E-state index in [0.29, 0.717) is 19.8 Å². The smallest absolute Gasteiger partial charge is 0.268 e. The van der Waals surface area contributed by atoms with Gasteiger partial charge in [0.1, 0.15) is 10.6 Å². The molecule has 1 aromatic rings. The van der Waals surface area contributed by atoms with Crippen molar-refractivity contribution in [1.82, 2.24) is 9.88 Å². The fourth-order valence-electron chi connectivity index (χ4n) is 1.87. The maximum Gasteiger partial charge on any atom is 0.268 e. The van der Waals surface area contributed by atoms with Gasteiger partial charge < -0.3 is 14.6 Å². The van der Waals surface area contributed by atoms with E-state index < -0.39 is 9.05 Å². The highest BCUT2D eigenvalue weighted by Gasteiger charge is 2.20. The third kappa shape index (κ3) is 5.33. The minimum atomic E-state index is -3.85. The third-order valence-electron chi connectivity index (χ3n) is 2.80. The molecule has 0 spiro atoms. The first-order valence-electron chi connectivity index (χ1n) is 6.83. The third-order valence-corrected chi connectivity index (χ3v) is 4.12. The van der Waals surface area contributed by atoms with Gasteiger partial charge in [0.05, 0.1) is 6.61 Å². The maximum atomic E-state index is 12.2. The number of rotatable bonds is 8. The van der Waals surface area contributed by atoms with Crippen molar-refractivity contribution >= 4 is 25.6 Å². The van der Waals surface area contributed by atoms with Gasteiger partial charge in [0.2, 0.25) is 0 Å². The molecule has 6 nitrogen and oxygen atoms in total. The molecule has 8 heteroatoms. The molecule has 1 rings (SSSR count). The molecule has 0 saturated heterocycles. The van der Waals surface area contributed by atoms with Crippen LogP contribution in [0.4, 0.5) is 0 Å². The number of nitrogens with one attached hydrogen (secondary N) is 1. The summed E-state index contributed by atoms with van der Waals surface area (Å²) in [5.74, 6) is -0.345. The number of carbonyl (C=O) groups excluding carboxylic acids is 1. The standard InChI is InChI=1S/C13H21ClN2O4S/c1-4-6-16-8-11(21(14,18)19)7-12(16)13(17)15-10(3)9-20-5-2/h7-8,10H,4-6,9H2,1-3H3,(H,15,17). The van der Waals surface area contributed by atoms with Crippen LogP contribution in [0.25, 0.3) is 0 Å². The Hall–Kier alpha value is -1.05. The molecule has 0 aliphatic heterocycles. The highest BCUT2D eigenvalue weighted by Crippen LogP contribution is 2.19. The van der Waals surface area contributed by atoms with E-state index in [1.165, 1.54) is 12.3 Å². The summed E-state index contributed by atoms with van der Waals surface area (Å²) < 4.78 is 29.6. The number of amides is 1. The summed E-state index contributed by atoms with van der Waals surface area (Å²) in [6.45, 7) is 7.14. The van der Waals surface area contributed by atoms with Crippen LogP contribution in [-0.4, -0.2) is 38.1 Å². The predicted octanol–water partition coefficient (Wildman–Crippen LogP) is 1.98. The number of ether oxygens (including phenoxy) is 1. The molecule has 120 valence electrons. The van der Waals surface area contributed by atoms with E-state index >= 15 is 0 Å². The van der Waals surface area contributed by atoms with Gasteiger partial charge in [-0.3, -0.25) is 4.79 Å². The van der Waals surface area contributed by atoms with Crippen molar-refractivity contribution in [2.45, 2.75) is 44.7 Å². The number of hydrogen-bond acceptors (Lipinski definition) is 4. The van der Waals surface area contributed by atoms with E-state index in [1.807, 2.05) is 20.8 Å². The summed E-state index contributed by atoms with van der Waals surface area (Å²) >= 11 is 0. The molecule has 21 heavy (non-hydrogen) atoms. The van der Waals surface area contributed by atoms with Crippen molar-refractivity contribution in [3.63, 3.8) is 0 Å². The van der Waals surface area contributed by atoms with Crippen molar-refractivity contribution in [2.24, 2.45) is 0 Å². The fraction of sp³-hybridized carbons (Fsp3) is 0.615. The first kappa shape index (κ1) is 18.0. The summed E-state index contributed by atoms with van der Waals surface area (Å²) in [5, 5.41) is 2.77. The molecular weight excluding hydrogens is 316 g/mol. The molecule has 1 heterocycles. The number of nitrogens with zero attached hydrogens (tertiary/aromatic N) is 1. The number of halogens is 1. The molecule has 0 aliphatic carbocycles. The molecule has 0 bridgehead atoms. The monoisotopic (exact) mass is 336 g/mol. The van der Waals surface area contributed by atoms with E-state index in [9.17, 15) is 13.2 Å². The van der Waals surface area contributed by atoms with Crippen molar-refractivity contribution in [2.75, 3.05) is 13.2 Å². The normalized spacial score (nSPS) is 13.1. The van der Waals surface area contributed by atoms with Crippen LogP contribution in [0.15, 0.2) is 17.2 Å². The van der Waals surface area contributed by atoms with Crippen LogP contribution in [0.3, 0.4) is 0 Å². The second-order valence-electron chi connectivity index (χ2n) is 4.73. The van der Waals surface area contributed by atoms with Crippen LogP contribution < -0.4 is 5.32 Å². The second-order valence-corrected chi connectivity index (χ2v) is 7.29. The first-order chi connectivity index (χ1) is 9.79. The Morgan fingerprint density at radius 1 is 1.48 bits per heavy atom. The summed E-state index contributed by atoms with van der Waals surface area (Å²) in [6.07, 6.45) is 2.15. The lowest BCUT2D eigenvalue weighted by atomic mass is 10.3. The molecule has 1 atom stereocenters. The Morgan fingerprint density at radius 3 is 2.67 bits per heavy atom. The van der Waals surface area contributed by atoms with Gasteiger partial charge in [-0.1, -0.05) is 6.92 Å². The van der Waals surface area contributed by atoms with Crippen molar-refractivity contribution < 1.29 is 17.9 Å². The van der Waals surface area contributed by atoms with E-state index in [2.05, 4.69) is 5.32 Å². The summed E-state index contributed by atoms with van der Waals surface area (Å²) in [5.41, 5.74) is 0.277. The summed E-state index contributed by atoms with van der Waals surface area (Å²) in [6, 6.07) is 1.12. The van der Waals surface area contributed by atoms with Gasteiger partial charge in [-0.15, -0.1) is 0 Å². The van der Waals surface area contributed by atoms with Crippen LogP contribution in [0.5, 0.6) is 0 Å². The van der Waals surface area contributed by atoms with Crippen LogP contribution in [0, 0.1) is 0 Å². The average Bonchev–Trinajstić information content (AvgIpc) is 2.81. The molecule has 0 aliphatic rings. The largest absolute Gasteiger partial charge is 0.380 e. The van der Waals surface area contributed by atoms with E-state index in [-0.39, 0.29) is 22.5 Å². The van der Waals surface area contributed by atoms with Gasteiger partial charge in [-0.05, 0) is 26.3 Å². The van der Waals surface area contributed by atoms with Crippen molar-refractivity contribution in [3.05, 3.63) is 18.0 Å². The summed E-state index contributed by atoms with van der Waals surface area (Å²) in [4.78, 5) is 12.2. The number of aryl methyl sites for hydroxylation is 1. The molecule has 1 amide bonds. The van der Waals surface area contributed by atoms with Gasteiger partial charge in [-0.25, -0.2) is 8.42 Å². The van der Waals surface area contributed by atoms with Gasteiger partial charge in [0.15, 0.2) is 0 Å². The van der Waals surface area contributed by atoms with Gasteiger partial charge >= 0.3 is 0 Å². The second kappa shape index (κ2) is 7.82. The Bertz CT molecular complexity index is 583. The van der Waals surface area contributed by atoms with E-state index in [0.717, 1.165) is 6.42 Å². The van der Waals surface area contributed by atoms with Gasteiger partial charge in [0, 0.05) is 36.1 Å².